The number of hydrogen-bond donors (Lipinski definition) is 0. The van der Waals surface area contributed by atoms with Crippen molar-refractivity contribution in [3.63, 3.8) is 0 Å². The third-order valence-corrected chi connectivity index (χ3v) is 7.69. The Morgan fingerprint density at radius 1 is 0.436 bits per heavy atom. The standard InChI is InChI=1S/C34H19F3O2/c1-18-2-4-19(5-3-18)21-8-12-24-26-16-31-27(17-30(26)32(38)28(24)14-21)25-13-9-22(15-29(25)33(31)39)20-6-10-23(11-7-20)34(35,36)37/h2-17H,1H3. The van der Waals surface area contributed by atoms with Crippen LogP contribution in [0.1, 0.15) is 11.1 Å². The lowest BCUT2D eigenvalue weighted by molar-refractivity contribution is -0.137. The summed E-state index contributed by atoms with van der Waals surface area (Å²) in [6, 6.07) is 27.8. The first-order valence-electron chi connectivity index (χ1n) is 12.5. The lowest BCUT2D eigenvalue weighted by Gasteiger charge is -2.08. The van der Waals surface area contributed by atoms with E-state index in [2.05, 4.69) is 0 Å². The molecule has 0 aliphatic carbocycles. The molecular formula is C34H19F3O2. The van der Waals surface area contributed by atoms with Gasteiger partial charge in [-0.05, 0) is 87.1 Å². The smallest absolute Gasteiger partial charge is 0.289 e. The van der Waals surface area contributed by atoms with Crippen molar-refractivity contribution >= 4 is 43.1 Å². The van der Waals surface area contributed by atoms with Crippen molar-refractivity contribution < 1.29 is 13.2 Å². The van der Waals surface area contributed by atoms with Crippen molar-refractivity contribution in [2.24, 2.45) is 0 Å². The van der Waals surface area contributed by atoms with Gasteiger partial charge in [-0.2, -0.15) is 13.2 Å². The molecule has 0 saturated carbocycles. The SMILES string of the molecule is Cc1ccc(-c2ccc3c(c2)c(=O)c2cc4c(cc23)c(=O)c2cc(-c3ccc(C(F)(F)F)cc3)ccc24)cc1. The summed E-state index contributed by atoms with van der Waals surface area (Å²) in [7, 11) is 0. The normalized spacial score (nSPS) is 12.3. The first-order chi connectivity index (χ1) is 18.7. The van der Waals surface area contributed by atoms with E-state index in [1.54, 1.807) is 30.3 Å². The van der Waals surface area contributed by atoms with Crippen molar-refractivity contribution in [2.75, 3.05) is 0 Å². The Morgan fingerprint density at radius 2 is 0.821 bits per heavy atom. The Morgan fingerprint density at radius 3 is 1.26 bits per heavy atom. The van der Waals surface area contributed by atoms with Crippen LogP contribution in [-0.4, -0.2) is 0 Å². The van der Waals surface area contributed by atoms with E-state index in [0.717, 1.165) is 45.0 Å². The van der Waals surface area contributed by atoms with Crippen LogP contribution in [0.2, 0.25) is 0 Å². The Hall–Kier alpha value is -4.77. The van der Waals surface area contributed by atoms with Crippen LogP contribution < -0.4 is 10.9 Å². The van der Waals surface area contributed by atoms with Gasteiger partial charge < -0.3 is 0 Å². The van der Waals surface area contributed by atoms with Crippen molar-refractivity contribution in [1.82, 2.24) is 0 Å². The molecule has 0 spiro atoms. The number of rotatable bonds is 2. The number of halogens is 3. The fraction of sp³-hybridized carbons (Fsp3) is 0.0588. The average molecular weight is 517 g/mol. The summed E-state index contributed by atoms with van der Waals surface area (Å²) < 4.78 is 38.9. The summed E-state index contributed by atoms with van der Waals surface area (Å²) >= 11 is 0. The van der Waals surface area contributed by atoms with Gasteiger partial charge in [0.05, 0.1) is 5.56 Å². The van der Waals surface area contributed by atoms with E-state index in [1.165, 1.54) is 12.1 Å². The fourth-order valence-corrected chi connectivity index (χ4v) is 5.60. The number of aryl methyl sites for hydroxylation is 1. The summed E-state index contributed by atoms with van der Waals surface area (Å²) in [6.07, 6.45) is -4.41. The number of hydrogen-bond acceptors (Lipinski definition) is 2. The minimum absolute atomic E-state index is 0.0703. The highest BCUT2D eigenvalue weighted by atomic mass is 19.4. The molecule has 0 saturated heterocycles. The van der Waals surface area contributed by atoms with E-state index >= 15 is 0 Å². The Labute approximate surface area is 220 Å². The zero-order chi connectivity index (χ0) is 27.1. The van der Waals surface area contributed by atoms with Gasteiger partial charge in [0.2, 0.25) is 0 Å². The lowest BCUT2D eigenvalue weighted by atomic mass is 10.0. The number of benzene rings is 5. The minimum Gasteiger partial charge on any atom is -0.289 e. The molecule has 0 radical (unpaired) electrons. The van der Waals surface area contributed by atoms with Crippen LogP contribution in [-0.2, 0) is 6.18 Å². The summed E-state index contributed by atoms with van der Waals surface area (Å²) in [4.78, 5) is 27.0. The largest absolute Gasteiger partial charge is 0.416 e. The summed E-state index contributed by atoms with van der Waals surface area (Å²) in [5, 5.41) is 5.17. The van der Waals surface area contributed by atoms with E-state index in [1.807, 2.05) is 49.4 Å². The van der Waals surface area contributed by atoms with Crippen LogP contribution in [0.3, 0.4) is 0 Å². The molecular weight excluding hydrogens is 497 g/mol. The zero-order valence-corrected chi connectivity index (χ0v) is 20.7. The molecule has 0 amide bonds. The summed E-state index contributed by atoms with van der Waals surface area (Å²) in [6.45, 7) is 2.03. The molecule has 2 nitrogen and oxygen atoms in total. The molecule has 7 rings (SSSR count). The first-order valence-corrected chi connectivity index (χ1v) is 12.5. The molecule has 0 fully saturated rings. The second-order valence-corrected chi connectivity index (χ2v) is 10.1. The second-order valence-electron chi connectivity index (χ2n) is 10.1. The van der Waals surface area contributed by atoms with Gasteiger partial charge in [0.1, 0.15) is 0 Å². The quantitative estimate of drug-likeness (QED) is 0.231. The topological polar surface area (TPSA) is 34.1 Å². The highest BCUT2D eigenvalue weighted by Gasteiger charge is 2.30. The Kier molecular flexibility index (Phi) is 4.86. The predicted octanol–water partition coefficient (Wildman–Crippen LogP) is 8.56. The number of fused-ring (bicyclic) bond motifs is 6. The Bertz CT molecular complexity index is 2180. The average Bonchev–Trinajstić information content (AvgIpc) is 3.37. The van der Waals surface area contributed by atoms with Gasteiger partial charge in [-0.25, -0.2) is 0 Å². The first kappa shape index (κ1) is 23.4. The molecule has 0 aliphatic rings. The maximum Gasteiger partial charge on any atom is 0.416 e. The van der Waals surface area contributed by atoms with Crippen molar-refractivity contribution in [1.29, 1.82) is 0 Å². The van der Waals surface area contributed by atoms with Gasteiger partial charge >= 0.3 is 6.18 Å². The highest BCUT2D eigenvalue weighted by molar-refractivity contribution is 6.21. The van der Waals surface area contributed by atoms with E-state index in [4.69, 9.17) is 0 Å². The van der Waals surface area contributed by atoms with Crippen LogP contribution in [0.25, 0.3) is 65.3 Å². The third kappa shape index (κ3) is 3.57. The van der Waals surface area contributed by atoms with Crippen LogP contribution in [0.15, 0.2) is 107 Å². The third-order valence-electron chi connectivity index (χ3n) is 7.69. The summed E-state index contributed by atoms with van der Waals surface area (Å²) in [5.41, 5.74) is 3.44. The molecule has 5 heteroatoms. The maximum absolute atomic E-state index is 13.5. The molecule has 0 N–H and O–H groups in total. The predicted molar refractivity (Wildman–Crippen MR) is 152 cm³/mol. The van der Waals surface area contributed by atoms with E-state index in [-0.39, 0.29) is 10.9 Å². The van der Waals surface area contributed by atoms with Crippen LogP contribution in [0, 0.1) is 6.92 Å². The molecule has 188 valence electrons. The van der Waals surface area contributed by atoms with Gasteiger partial charge in [0.25, 0.3) is 0 Å². The zero-order valence-electron chi connectivity index (χ0n) is 20.7. The monoisotopic (exact) mass is 516 g/mol. The van der Waals surface area contributed by atoms with Crippen LogP contribution >= 0.6 is 0 Å². The van der Waals surface area contributed by atoms with Gasteiger partial charge in [0.15, 0.2) is 10.9 Å². The second kappa shape index (κ2) is 8.11. The minimum atomic E-state index is -4.41. The molecule has 0 unspecified atom stereocenters. The molecule has 0 heterocycles. The molecule has 0 atom stereocenters. The van der Waals surface area contributed by atoms with Crippen molar-refractivity contribution in [3.8, 4) is 22.3 Å². The highest BCUT2D eigenvalue weighted by Crippen LogP contribution is 2.36. The van der Waals surface area contributed by atoms with Gasteiger partial charge in [0, 0.05) is 21.5 Å². The van der Waals surface area contributed by atoms with Gasteiger partial charge in [-0.3, -0.25) is 9.59 Å². The Balaban J connectivity index is 1.39. The van der Waals surface area contributed by atoms with Crippen molar-refractivity contribution in [3.05, 3.63) is 129 Å². The van der Waals surface area contributed by atoms with Crippen molar-refractivity contribution in [2.45, 2.75) is 13.1 Å². The molecule has 0 aliphatic heterocycles. The molecule has 39 heavy (non-hydrogen) atoms. The maximum atomic E-state index is 13.5. The molecule has 7 aromatic carbocycles. The summed E-state index contributed by atoms with van der Waals surface area (Å²) in [5.74, 6) is 0. The lowest BCUT2D eigenvalue weighted by Crippen LogP contribution is -2.04. The van der Waals surface area contributed by atoms with E-state index < -0.39 is 11.7 Å². The van der Waals surface area contributed by atoms with E-state index in [9.17, 15) is 22.8 Å². The van der Waals surface area contributed by atoms with Gasteiger partial charge in [-0.1, -0.05) is 66.2 Å². The van der Waals surface area contributed by atoms with Gasteiger partial charge in [-0.15, -0.1) is 0 Å². The molecule has 7 aromatic rings. The van der Waals surface area contributed by atoms with E-state index in [0.29, 0.717) is 38.1 Å². The number of alkyl halides is 3. The fourth-order valence-electron chi connectivity index (χ4n) is 5.60. The molecule has 0 aromatic heterocycles. The molecule has 0 bridgehead atoms. The van der Waals surface area contributed by atoms with Crippen LogP contribution in [0.5, 0.6) is 0 Å². The van der Waals surface area contributed by atoms with Crippen LogP contribution in [0.4, 0.5) is 13.2 Å².